The van der Waals surface area contributed by atoms with Crippen LogP contribution in [0.3, 0.4) is 0 Å². The molecule has 1 aliphatic rings. The highest BCUT2D eigenvalue weighted by Crippen LogP contribution is 2.20. The van der Waals surface area contributed by atoms with Crippen molar-refractivity contribution in [3.8, 4) is 0 Å². The number of aliphatic imine (C=N–C) groups is 1. The number of fused-ring (bicyclic) bond motifs is 1. The van der Waals surface area contributed by atoms with E-state index in [-0.39, 0.29) is 29.8 Å². The van der Waals surface area contributed by atoms with Crippen molar-refractivity contribution in [1.29, 1.82) is 0 Å². The van der Waals surface area contributed by atoms with Crippen molar-refractivity contribution in [2.45, 2.75) is 39.2 Å². The third-order valence-electron chi connectivity index (χ3n) is 4.85. The maximum absolute atomic E-state index is 13.5. The van der Waals surface area contributed by atoms with E-state index >= 15 is 0 Å². The van der Waals surface area contributed by atoms with Gasteiger partial charge < -0.3 is 19.9 Å². The number of guanidine groups is 1. The number of ether oxygens (including phenoxy) is 1. The first-order chi connectivity index (χ1) is 12.7. The van der Waals surface area contributed by atoms with Gasteiger partial charge >= 0.3 is 0 Å². The number of piperidine rings is 1. The number of aromatic nitrogens is 1. The molecule has 5 nitrogen and oxygen atoms in total. The molecule has 1 aliphatic heterocycles. The third kappa shape index (κ3) is 5.81. The molecule has 0 bridgehead atoms. The molecule has 2 aromatic rings. The highest BCUT2D eigenvalue weighted by atomic mass is 127. The van der Waals surface area contributed by atoms with Gasteiger partial charge in [-0.05, 0) is 56.9 Å². The van der Waals surface area contributed by atoms with Crippen LogP contribution in [0.1, 0.15) is 32.3 Å². The van der Waals surface area contributed by atoms with Gasteiger partial charge in [0.15, 0.2) is 5.96 Å². The fourth-order valence-electron chi connectivity index (χ4n) is 3.54. The van der Waals surface area contributed by atoms with Gasteiger partial charge in [-0.25, -0.2) is 4.39 Å². The van der Waals surface area contributed by atoms with Gasteiger partial charge in [-0.3, -0.25) is 4.99 Å². The lowest BCUT2D eigenvalue weighted by atomic mass is 10.1. The number of benzene rings is 1. The molecule has 0 amide bonds. The van der Waals surface area contributed by atoms with Crippen LogP contribution in [0.2, 0.25) is 0 Å². The molecule has 1 saturated heterocycles. The summed E-state index contributed by atoms with van der Waals surface area (Å²) < 4.78 is 19.2. The monoisotopic (exact) mass is 488 g/mol. The van der Waals surface area contributed by atoms with E-state index < -0.39 is 0 Å². The number of H-pyrrole nitrogens is 1. The van der Waals surface area contributed by atoms with Gasteiger partial charge in [0.1, 0.15) is 5.82 Å². The second-order valence-corrected chi connectivity index (χ2v) is 6.63. The molecule has 0 saturated carbocycles. The fraction of sp³-hybridized carbons (Fsp3) is 0.550. The summed E-state index contributed by atoms with van der Waals surface area (Å²) in [6.45, 7) is 8.38. The Morgan fingerprint density at radius 1 is 1.33 bits per heavy atom. The third-order valence-corrected chi connectivity index (χ3v) is 4.85. The average Bonchev–Trinajstić information content (AvgIpc) is 3.04. The minimum atomic E-state index is -0.202. The Bertz CT molecular complexity index is 741. The largest absolute Gasteiger partial charge is 0.378 e. The second kappa shape index (κ2) is 10.8. The number of aromatic amines is 1. The number of hydrogen-bond donors (Lipinski definition) is 2. The summed E-state index contributed by atoms with van der Waals surface area (Å²) in [5, 5.41) is 4.34. The lowest BCUT2D eigenvalue weighted by Gasteiger charge is -2.34. The maximum atomic E-state index is 13.5. The Morgan fingerprint density at radius 2 is 2.11 bits per heavy atom. The van der Waals surface area contributed by atoms with Crippen molar-refractivity contribution in [3.63, 3.8) is 0 Å². The standard InChI is InChI=1S/C20H29FN4O.HI/c1-3-22-20(25-11-8-17(9-12-25)26-4-2)23-10-7-15-14-24-19-6-5-16(21)13-18(15)19;/h5-6,13-14,17,24H,3-4,7-12H2,1-2H3,(H,22,23);1H. The van der Waals surface area contributed by atoms with E-state index in [1.807, 2.05) is 6.20 Å². The summed E-state index contributed by atoms with van der Waals surface area (Å²) >= 11 is 0. The van der Waals surface area contributed by atoms with Crippen molar-refractivity contribution >= 4 is 40.8 Å². The lowest BCUT2D eigenvalue weighted by molar-refractivity contribution is 0.0264. The van der Waals surface area contributed by atoms with Gasteiger partial charge in [0.05, 0.1) is 6.10 Å². The minimum absolute atomic E-state index is 0. The molecule has 1 aromatic heterocycles. The predicted octanol–water partition coefficient (Wildman–Crippen LogP) is 3.93. The Labute approximate surface area is 177 Å². The van der Waals surface area contributed by atoms with Crippen LogP contribution in [-0.4, -0.2) is 54.7 Å². The zero-order chi connectivity index (χ0) is 18.4. The highest BCUT2D eigenvalue weighted by Gasteiger charge is 2.21. The molecular weight excluding hydrogens is 458 g/mol. The Morgan fingerprint density at radius 3 is 2.81 bits per heavy atom. The van der Waals surface area contributed by atoms with E-state index in [9.17, 15) is 4.39 Å². The van der Waals surface area contributed by atoms with Crippen LogP contribution >= 0.6 is 24.0 Å². The SMILES string of the molecule is CCNC(=NCCc1c[nH]c2ccc(F)cc12)N1CCC(OCC)CC1.I. The van der Waals surface area contributed by atoms with Crippen LogP contribution in [0.4, 0.5) is 4.39 Å². The minimum Gasteiger partial charge on any atom is -0.378 e. The molecule has 1 aromatic carbocycles. The zero-order valence-corrected chi connectivity index (χ0v) is 18.5. The van der Waals surface area contributed by atoms with Gasteiger partial charge in [-0.2, -0.15) is 0 Å². The first-order valence-corrected chi connectivity index (χ1v) is 9.61. The zero-order valence-electron chi connectivity index (χ0n) is 16.1. The van der Waals surface area contributed by atoms with Gasteiger partial charge in [0, 0.05) is 49.9 Å². The Hall–Kier alpha value is -1.35. The number of rotatable bonds is 6. The molecule has 0 spiro atoms. The van der Waals surface area contributed by atoms with Crippen LogP contribution in [-0.2, 0) is 11.2 Å². The number of likely N-dealkylation sites (tertiary alicyclic amines) is 1. The van der Waals surface area contributed by atoms with Crippen molar-refractivity contribution in [1.82, 2.24) is 15.2 Å². The average molecular weight is 488 g/mol. The van der Waals surface area contributed by atoms with E-state index in [0.29, 0.717) is 12.6 Å². The van der Waals surface area contributed by atoms with E-state index in [2.05, 4.69) is 29.0 Å². The van der Waals surface area contributed by atoms with Crippen LogP contribution in [0.15, 0.2) is 29.4 Å². The molecule has 1 fully saturated rings. The first-order valence-electron chi connectivity index (χ1n) is 9.61. The first kappa shape index (κ1) is 21.9. The van der Waals surface area contributed by atoms with E-state index in [1.165, 1.54) is 6.07 Å². The van der Waals surface area contributed by atoms with Gasteiger partial charge in [-0.1, -0.05) is 0 Å². The summed E-state index contributed by atoms with van der Waals surface area (Å²) in [6, 6.07) is 4.86. The number of nitrogens with zero attached hydrogens (tertiary/aromatic N) is 2. The number of hydrogen-bond acceptors (Lipinski definition) is 2. The van der Waals surface area contributed by atoms with E-state index in [1.54, 1.807) is 12.1 Å². The predicted molar refractivity (Wildman–Crippen MR) is 120 cm³/mol. The van der Waals surface area contributed by atoms with Crippen molar-refractivity contribution in [2.75, 3.05) is 32.8 Å². The van der Waals surface area contributed by atoms with Gasteiger partial charge in [0.25, 0.3) is 0 Å². The normalized spacial score (nSPS) is 15.8. The molecule has 27 heavy (non-hydrogen) atoms. The summed E-state index contributed by atoms with van der Waals surface area (Å²) in [5.74, 6) is 0.765. The van der Waals surface area contributed by atoms with Crippen LogP contribution < -0.4 is 5.32 Å². The van der Waals surface area contributed by atoms with E-state index in [4.69, 9.17) is 9.73 Å². The number of halogens is 2. The topological polar surface area (TPSA) is 52.7 Å². The van der Waals surface area contributed by atoms with Gasteiger partial charge in [-0.15, -0.1) is 24.0 Å². The van der Waals surface area contributed by atoms with Crippen molar-refractivity contribution < 1.29 is 9.13 Å². The molecule has 3 rings (SSSR count). The summed E-state index contributed by atoms with van der Waals surface area (Å²) in [4.78, 5) is 10.3. The smallest absolute Gasteiger partial charge is 0.193 e. The number of nitrogens with one attached hydrogen (secondary N) is 2. The fourth-order valence-corrected chi connectivity index (χ4v) is 3.54. The Kier molecular flexibility index (Phi) is 8.82. The van der Waals surface area contributed by atoms with Crippen LogP contribution in [0.5, 0.6) is 0 Å². The molecule has 2 heterocycles. The Balaban J connectivity index is 0.00000261. The van der Waals surface area contributed by atoms with Gasteiger partial charge in [0.2, 0.25) is 0 Å². The molecule has 2 N–H and O–H groups in total. The lowest BCUT2D eigenvalue weighted by Crippen LogP contribution is -2.47. The van der Waals surface area contributed by atoms with Crippen LogP contribution in [0, 0.1) is 5.82 Å². The highest BCUT2D eigenvalue weighted by molar-refractivity contribution is 14.0. The molecule has 0 radical (unpaired) electrons. The summed E-state index contributed by atoms with van der Waals surface area (Å²) in [5.41, 5.74) is 2.07. The van der Waals surface area contributed by atoms with E-state index in [0.717, 1.165) is 67.9 Å². The molecule has 150 valence electrons. The molecule has 0 aliphatic carbocycles. The quantitative estimate of drug-likeness (QED) is 0.368. The van der Waals surface area contributed by atoms with Crippen molar-refractivity contribution in [2.24, 2.45) is 4.99 Å². The summed E-state index contributed by atoms with van der Waals surface area (Å²) in [7, 11) is 0. The summed E-state index contributed by atoms with van der Waals surface area (Å²) in [6.07, 6.45) is 5.20. The maximum Gasteiger partial charge on any atom is 0.193 e. The molecule has 7 heteroatoms. The van der Waals surface area contributed by atoms with Crippen molar-refractivity contribution in [3.05, 3.63) is 35.8 Å². The molecule has 0 unspecified atom stereocenters. The molecule has 0 atom stereocenters. The van der Waals surface area contributed by atoms with Crippen LogP contribution in [0.25, 0.3) is 10.9 Å². The second-order valence-electron chi connectivity index (χ2n) is 6.63. The molecular formula is C20H30FIN4O.